The molecule has 0 aliphatic heterocycles. The predicted octanol–water partition coefficient (Wildman–Crippen LogP) is 6.05. The van der Waals surface area contributed by atoms with Gasteiger partial charge in [0.15, 0.2) is 0 Å². The molecule has 0 bridgehead atoms. The molecule has 0 aromatic heterocycles. The molecule has 18 heteroatoms. The summed E-state index contributed by atoms with van der Waals surface area (Å²) in [6, 6.07) is 0. The first-order valence-corrected chi connectivity index (χ1v) is 13.7. The zero-order chi connectivity index (χ0) is 23.0. The average molecular weight is 527 g/mol. The molecule has 0 N–H and O–H groups in total. The van der Waals surface area contributed by atoms with Gasteiger partial charge in [0.1, 0.15) is 13.2 Å². The first-order chi connectivity index (χ1) is 14.1. The van der Waals surface area contributed by atoms with E-state index in [9.17, 15) is 22.8 Å². The van der Waals surface area contributed by atoms with E-state index in [1.807, 2.05) is 0 Å². The molecule has 0 heterocycles. The quantitative estimate of drug-likeness (QED) is 0.133. The minimum absolute atomic E-state index is 0.241. The topological polar surface area (TPSA) is 159 Å². The van der Waals surface area contributed by atoms with Crippen LogP contribution >= 0.6 is 40.4 Å². The largest absolute Gasteiger partial charge is 0.719 e. The highest BCUT2D eigenvalue weighted by Gasteiger charge is 2.55. The van der Waals surface area contributed by atoms with Gasteiger partial charge >= 0.3 is 40.4 Å². The molecule has 4 unspecified atom stereocenters. The standard InChI is InChI=1S/C12H20O13P5/c1-5-9-18-26(13)22-29(16,20-11-7-3)24-28(15)25-30(17,21-12-8-4)23-27(14)19-10-6-2/h5-8H,1-4,9-12H2/q+3. The van der Waals surface area contributed by atoms with Crippen molar-refractivity contribution >= 4 is 40.4 Å². The van der Waals surface area contributed by atoms with Crippen molar-refractivity contribution in [2.45, 2.75) is 0 Å². The van der Waals surface area contributed by atoms with Gasteiger partial charge in [-0.3, -0.25) is 9.05 Å². The highest BCUT2D eigenvalue weighted by molar-refractivity contribution is 7.66. The van der Waals surface area contributed by atoms with E-state index in [0.29, 0.717) is 0 Å². The SMILES string of the molecule is C=CCO[P+](=O)OP(=O)(OCC=C)O[P+](=O)OP(=O)(OCC=C)O[P+](=O)OCC=C. The minimum Gasteiger partial charge on any atom is -0.278 e. The zero-order valence-electron chi connectivity index (χ0n) is 15.5. The predicted molar refractivity (Wildman–Crippen MR) is 107 cm³/mol. The van der Waals surface area contributed by atoms with Gasteiger partial charge in [0.25, 0.3) is 0 Å². The van der Waals surface area contributed by atoms with Crippen LogP contribution in [0.1, 0.15) is 0 Å². The van der Waals surface area contributed by atoms with Crippen LogP contribution in [0, 0.1) is 0 Å². The Labute approximate surface area is 176 Å². The third-order valence-electron chi connectivity index (χ3n) is 1.96. The first kappa shape index (κ1) is 29.4. The minimum atomic E-state index is -4.84. The Kier molecular flexibility index (Phi) is 15.8. The molecule has 0 fully saturated rings. The van der Waals surface area contributed by atoms with Gasteiger partial charge in [-0.2, -0.15) is 0 Å². The van der Waals surface area contributed by atoms with Crippen molar-refractivity contribution in [2.75, 3.05) is 26.4 Å². The van der Waals surface area contributed by atoms with E-state index in [-0.39, 0.29) is 13.2 Å². The second-order valence-corrected chi connectivity index (χ2v) is 11.0. The Morgan fingerprint density at radius 3 is 1.17 bits per heavy atom. The monoisotopic (exact) mass is 527 g/mol. The summed E-state index contributed by atoms with van der Waals surface area (Å²) in [5, 5.41) is 0. The van der Waals surface area contributed by atoms with Crippen molar-refractivity contribution < 1.29 is 58.2 Å². The summed E-state index contributed by atoms with van der Waals surface area (Å²) in [5.74, 6) is 0. The lowest BCUT2D eigenvalue weighted by atomic mass is 10.7. The van der Waals surface area contributed by atoms with Crippen molar-refractivity contribution in [3.05, 3.63) is 50.6 Å². The Morgan fingerprint density at radius 2 is 0.867 bits per heavy atom. The van der Waals surface area contributed by atoms with Crippen LogP contribution in [0.15, 0.2) is 50.6 Å². The molecule has 4 atom stereocenters. The van der Waals surface area contributed by atoms with Gasteiger partial charge in [0, 0.05) is 30.9 Å². The van der Waals surface area contributed by atoms with Crippen LogP contribution in [0.25, 0.3) is 0 Å². The Bertz CT molecular complexity index is 691. The van der Waals surface area contributed by atoms with E-state index < -0.39 is 53.6 Å². The van der Waals surface area contributed by atoms with Gasteiger partial charge in [-0.25, -0.2) is 9.13 Å². The number of phosphoric acid groups is 2. The Balaban J connectivity index is 5.29. The Morgan fingerprint density at radius 1 is 0.567 bits per heavy atom. The van der Waals surface area contributed by atoms with E-state index in [0.717, 1.165) is 12.2 Å². The third kappa shape index (κ3) is 13.7. The summed E-state index contributed by atoms with van der Waals surface area (Å²) < 4.78 is 96.8. The molecular formula is C12H20O13P5+3. The summed E-state index contributed by atoms with van der Waals surface area (Å²) in [4.78, 5) is 0. The highest BCUT2D eigenvalue weighted by atomic mass is 31.3. The first-order valence-electron chi connectivity index (χ1n) is 7.52. The van der Waals surface area contributed by atoms with Crippen molar-refractivity contribution in [1.82, 2.24) is 0 Å². The van der Waals surface area contributed by atoms with Crippen molar-refractivity contribution in [3.8, 4) is 0 Å². The van der Waals surface area contributed by atoms with Crippen LogP contribution in [0.3, 0.4) is 0 Å². The maximum atomic E-state index is 12.5. The molecule has 0 aliphatic carbocycles. The zero-order valence-corrected chi connectivity index (χ0v) is 20.0. The average Bonchev–Trinajstić information content (AvgIpc) is 2.67. The van der Waals surface area contributed by atoms with Crippen LogP contribution in [0.4, 0.5) is 0 Å². The smallest absolute Gasteiger partial charge is 0.278 e. The molecule has 0 saturated carbocycles. The fraction of sp³-hybridized carbons (Fsp3) is 0.333. The van der Waals surface area contributed by atoms with E-state index >= 15 is 0 Å². The van der Waals surface area contributed by atoms with Crippen LogP contribution in [-0.2, 0) is 58.2 Å². The van der Waals surface area contributed by atoms with Gasteiger partial charge in [-0.1, -0.05) is 24.3 Å². The van der Waals surface area contributed by atoms with E-state index in [1.165, 1.54) is 12.2 Å². The molecule has 0 aliphatic rings. The van der Waals surface area contributed by atoms with E-state index in [1.54, 1.807) is 0 Å². The van der Waals surface area contributed by atoms with Crippen LogP contribution in [0.2, 0.25) is 0 Å². The van der Waals surface area contributed by atoms with Gasteiger partial charge < -0.3 is 0 Å². The van der Waals surface area contributed by atoms with Crippen LogP contribution in [0.5, 0.6) is 0 Å². The van der Waals surface area contributed by atoms with Crippen LogP contribution < -0.4 is 0 Å². The van der Waals surface area contributed by atoms with E-state index in [4.69, 9.17) is 0 Å². The highest BCUT2D eigenvalue weighted by Crippen LogP contribution is 2.68. The number of hydrogen-bond donors (Lipinski definition) is 0. The molecule has 0 spiro atoms. The molecular weight excluding hydrogens is 507 g/mol. The molecule has 0 saturated heterocycles. The van der Waals surface area contributed by atoms with Gasteiger partial charge in [0.2, 0.25) is 0 Å². The van der Waals surface area contributed by atoms with Crippen molar-refractivity contribution in [1.29, 1.82) is 0 Å². The Hall–Kier alpha value is -0.600. The maximum Gasteiger partial charge on any atom is 0.719 e. The van der Waals surface area contributed by atoms with Gasteiger partial charge in [-0.15, -0.1) is 35.4 Å². The van der Waals surface area contributed by atoms with Crippen molar-refractivity contribution in [2.24, 2.45) is 0 Å². The molecule has 0 aromatic carbocycles. The lowest BCUT2D eigenvalue weighted by molar-refractivity contribution is 0.197. The van der Waals surface area contributed by atoms with Crippen LogP contribution in [-0.4, -0.2) is 26.4 Å². The van der Waals surface area contributed by atoms with Gasteiger partial charge in [0.05, 0.1) is 13.2 Å². The summed E-state index contributed by atoms with van der Waals surface area (Å²) in [5.41, 5.74) is 0. The molecule has 0 aromatic rings. The molecule has 0 amide bonds. The second kappa shape index (κ2) is 16.1. The summed E-state index contributed by atoms with van der Waals surface area (Å²) >= 11 is 0. The van der Waals surface area contributed by atoms with Crippen molar-refractivity contribution in [3.63, 3.8) is 0 Å². The number of rotatable bonds is 20. The molecule has 30 heavy (non-hydrogen) atoms. The fourth-order valence-corrected chi connectivity index (χ4v) is 6.96. The lowest BCUT2D eigenvalue weighted by Crippen LogP contribution is -1.97. The molecule has 0 rings (SSSR count). The summed E-state index contributed by atoms with van der Waals surface area (Å²) in [7, 11) is -19.4. The fourth-order valence-electron chi connectivity index (χ4n) is 1.03. The third-order valence-corrected chi connectivity index (χ3v) is 8.95. The summed E-state index contributed by atoms with van der Waals surface area (Å²) in [6.07, 6.45) is 4.68. The van der Waals surface area contributed by atoms with Gasteiger partial charge in [-0.05, 0) is 0 Å². The molecule has 0 radical (unpaired) electrons. The summed E-state index contributed by atoms with van der Waals surface area (Å²) in [6.45, 7) is 11.8. The molecule has 168 valence electrons. The maximum absolute atomic E-state index is 12.5. The van der Waals surface area contributed by atoms with E-state index in [2.05, 4.69) is 61.7 Å². The second-order valence-electron chi connectivity index (χ2n) is 4.23. The lowest BCUT2D eigenvalue weighted by Gasteiger charge is -2.05. The normalized spacial score (nSPS) is 16.5. The molecule has 13 nitrogen and oxygen atoms in total. The number of hydrogen-bond acceptors (Lipinski definition) is 13.